The molecule has 92 valence electrons. The van der Waals surface area contributed by atoms with Gasteiger partial charge in [0, 0.05) is 18.0 Å². The molecule has 0 bridgehead atoms. The maximum absolute atomic E-state index is 11.8. The molecule has 1 fully saturated rings. The van der Waals surface area contributed by atoms with E-state index in [0.29, 0.717) is 18.5 Å². The highest BCUT2D eigenvalue weighted by atomic mass is 16.2. The number of rotatable bonds is 1. The zero-order chi connectivity index (χ0) is 12.7. The lowest BCUT2D eigenvalue weighted by atomic mass is 9.89. The number of nitrogen functional groups attached to an aromatic ring is 1. The van der Waals surface area contributed by atoms with E-state index in [2.05, 4.69) is 10.3 Å². The van der Waals surface area contributed by atoms with Gasteiger partial charge in [0.15, 0.2) is 0 Å². The predicted octanol–water partition coefficient (Wildman–Crippen LogP) is 1.27. The number of fused-ring (bicyclic) bond motifs is 1. The Labute approximate surface area is 103 Å². The Bertz CT molecular complexity index is 645. The molecular formula is C13H13N3O2. The molecule has 4 N–H and O–H groups in total. The minimum Gasteiger partial charge on any atom is -0.397 e. The number of hydrogen-bond donors (Lipinski definition) is 3. The van der Waals surface area contributed by atoms with E-state index in [9.17, 15) is 9.59 Å². The number of carbonyl (C=O) groups is 2. The largest absolute Gasteiger partial charge is 0.397 e. The molecule has 1 atom stereocenters. The lowest BCUT2D eigenvalue weighted by Gasteiger charge is -2.21. The lowest BCUT2D eigenvalue weighted by Crippen LogP contribution is -2.39. The van der Waals surface area contributed by atoms with E-state index in [1.54, 1.807) is 6.07 Å². The molecule has 2 aromatic rings. The molecule has 1 aromatic heterocycles. The lowest BCUT2D eigenvalue weighted by molar-refractivity contribution is -0.134. The summed E-state index contributed by atoms with van der Waals surface area (Å²) in [5.74, 6) is -0.725. The molecule has 1 aliphatic rings. The van der Waals surface area contributed by atoms with Crippen molar-refractivity contribution in [2.75, 3.05) is 5.73 Å². The Balaban J connectivity index is 2.03. The van der Waals surface area contributed by atoms with Gasteiger partial charge in [-0.05, 0) is 30.2 Å². The molecule has 5 heteroatoms. The van der Waals surface area contributed by atoms with Gasteiger partial charge in [0.1, 0.15) is 0 Å². The zero-order valence-electron chi connectivity index (χ0n) is 9.69. The quantitative estimate of drug-likeness (QED) is 0.520. The first kappa shape index (κ1) is 10.8. The third kappa shape index (κ3) is 1.64. The van der Waals surface area contributed by atoms with Crippen molar-refractivity contribution in [1.82, 2.24) is 10.3 Å². The van der Waals surface area contributed by atoms with Crippen LogP contribution >= 0.6 is 0 Å². The molecule has 0 aliphatic carbocycles. The third-order valence-corrected chi connectivity index (χ3v) is 3.35. The minimum absolute atomic E-state index is 0.202. The Hall–Kier alpha value is -2.30. The van der Waals surface area contributed by atoms with E-state index in [1.165, 1.54) is 0 Å². The third-order valence-electron chi connectivity index (χ3n) is 3.35. The average Bonchev–Trinajstić information content (AvgIpc) is 2.77. The molecule has 1 aliphatic heterocycles. The van der Waals surface area contributed by atoms with Crippen molar-refractivity contribution in [1.29, 1.82) is 0 Å². The molecule has 1 unspecified atom stereocenters. The number of hydrogen-bond acceptors (Lipinski definition) is 3. The summed E-state index contributed by atoms with van der Waals surface area (Å²) >= 11 is 0. The molecule has 2 amide bonds. The van der Waals surface area contributed by atoms with Crippen LogP contribution in [0.1, 0.15) is 24.3 Å². The Morgan fingerprint density at radius 1 is 1.28 bits per heavy atom. The van der Waals surface area contributed by atoms with E-state index >= 15 is 0 Å². The monoisotopic (exact) mass is 243 g/mol. The van der Waals surface area contributed by atoms with Crippen LogP contribution in [0.2, 0.25) is 0 Å². The smallest absolute Gasteiger partial charge is 0.234 e. The van der Waals surface area contributed by atoms with Crippen LogP contribution in [0.4, 0.5) is 5.69 Å². The Morgan fingerprint density at radius 2 is 2.11 bits per heavy atom. The van der Waals surface area contributed by atoms with Gasteiger partial charge in [-0.3, -0.25) is 14.9 Å². The van der Waals surface area contributed by atoms with Crippen molar-refractivity contribution in [3.05, 3.63) is 30.0 Å². The normalized spacial score (nSPS) is 20.1. The highest BCUT2D eigenvalue weighted by molar-refractivity contribution is 6.02. The molecule has 0 spiro atoms. The Kier molecular flexibility index (Phi) is 2.33. The summed E-state index contributed by atoms with van der Waals surface area (Å²) in [6.45, 7) is 0. The zero-order valence-corrected chi connectivity index (χ0v) is 9.69. The van der Waals surface area contributed by atoms with Crippen molar-refractivity contribution in [2.24, 2.45) is 0 Å². The van der Waals surface area contributed by atoms with Crippen LogP contribution in [0.25, 0.3) is 10.9 Å². The number of amides is 2. The summed E-state index contributed by atoms with van der Waals surface area (Å²) in [5.41, 5.74) is 8.32. The summed E-state index contributed by atoms with van der Waals surface area (Å²) in [4.78, 5) is 26.0. The number of H-pyrrole nitrogens is 1. The second kappa shape index (κ2) is 3.87. The topological polar surface area (TPSA) is 88.0 Å². The van der Waals surface area contributed by atoms with Crippen molar-refractivity contribution in [3.8, 4) is 0 Å². The molecule has 0 radical (unpaired) electrons. The fourth-order valence-corrected chi connectivity index (χ4v) is 2.44. The van der Waals surface area contributed by atoms with Gasteiger partial charge >= 0.3 is 0 Å². The van der Waals surface area contributed by atoms with Crippen LogP contribution in [0.5, 0.6) is 0 Å². The molecular weight excluding hydrogens is 230 g/mol. The van der Waals surface area contributed by atoms with Crippen molar-refractivity contribution >= 4 is 28.4 Å². The SMILES string of the molecule is Nc1cc(C2CCC(=O)NC2=O)cc2cc[nH]c12. The maximum atomic E-state index is 11.8. The standard InChI is InChI=1S/C13H13N3O2/c14-10-6-8(5-7-3-4-15-12(7)10)9-1-2-11(17)16-13(9)18/h3-6,9,15H,1-2,14H2,(H,16,17,18). The van der Waals surface area contributed by atoms with Crippen molar-refractivity contribution in [3.63, 3.8) is 0 Å². The highest BCUT2D eigenvalue weighted by Crippen LogP contribution is 2.30. The first-order chi connectivity index (χ1) is 8.65. The maximum Gasteiger partial charge on any atom is 0.234 e. The van der Waals surface area contributed by atoms with Crippen LogP contribution in [0.3, 0.4) is 0 Å². The number of aromatic nitrogens is 1. The molecule has 2 heterocycles. The van der Waals surface area contributed by atoms with E-state index < -0.39 is 0 Å². The van der Waals surface area contributed by atoms with Gasteiger partial charge in [0.2, 0.25) is 11.8 Å². The number of imide groups is 1. The number of nitrogens with one attached hydrogen (secondary N) is 2. The summed E-state index contributed by atoms with van der Waals surface area (Å²) in [5, 5.41) is 3.34. The van der Waals surface area contributed by atoms with Crippen LogP contribution in [-0.2, 0) is 9.59 Å². The van der Waals surface area contributed by atoms with Gasteiger partial charge in [0.05, 0.1) is 17.1 Å². The second-order valence-corrected chi connectivity index (χ2v) is 4.56. The summed E-state index contributed by atoms with van der Waals surface area (Å²) in [6, 6.07) is 5.67. The van der Waals surface area contributed by atoms with E-state index in [4.69, 9.17) is 5.73 Å². The van der Waals surface area contributed by atoms with Gasteiger partial charge in [-0.15, -0.1) is 0 Å². The first-order valence-corrected chi connectivity index (χ1v) is 5.85. The Morgan fingerprint density at radius 3 is 2.89 bits per heavy atom. The van der Waals surface area contributed by atoms with Gasteiger partial charge < -0.3 is 10.7 Å². The van der Waals surface area contributed by atoms with E-state index in [1.807, 2.05) is 18.3 Å². The van der Waals surface area contributed by atoms with Crippen molar-refractivity contribution < 1.29 is 9.59 Å². The summed E-state index contributed by atoms with van der Waals surface area (Å²) < 4.78 is 0. The van der Waals surface area contributed by atoms with Gasteiger partial charge in [-0.25, -0.2) is 0 Å². The van der Waals surface area contributed by atoms with Crippen LogP contribution in [0.15, 0.2) is 24.4 Å². The number of nitrogens with two attached hydrogens (primary N) is 1. The number of aromatic amines is 1. The van der Waals surface area contributed by atoms with Gasteiger partial charge in [-0.2, -0.15) is 0 Å². The minimum atomic E-state index is -0.288. The number of anilines is 1. The molecule has 0 saturated carbocycles. The van der Waals surface area contributed by atoms with Crippen molar-refractivity contribution in [2.45, 2.75) is 18.8 Å². The molecule has 3 rings (SSSR count). The van der Waals surface area contributed by atoms with Crippen LogP contribution in [0, 0.1) is 0 Å². The van der Waals surface area contributed by atoms with Gasteiger partial charge in [-0.1, -0.05) is 0 Å². The average molecular weight is 243 g/mol. The van der Waals surface area contributed by atoms with Gasteiger partial charge in [0.25, 0.3) is 0 Å². The van der Waals surface area contributed by atoms with E-state index in [0.717, 1.165) is 16.5 Å². The molecule has 5 nitrogen and oxygen atoms in total. The first-order valence-electron chi connectivity index (χ1n) is 5.85. The summed E-state index contributed by atoms with van der Waals surface area (Å²) in [6.07, 6.45) is 2.73. The molecule has 1 aromatic carbocycles. The number of benzene rings is 1. The fraction of sp³-hybridized carbons (Fsp3) is 0.231. The molecule has 18 heavy (non-hydrogen) atoms. The van der Waals surface area contributed by atoms with Crippen LogP contribution < -0.4 is 11.1 Å². The van der Waals surface area contributed by atoms with E-state index in [-0.39, 0.29) is 17.7 Å². The fourth-order valence-electron chi connectivity index (χ4n) is 2.44. The summed E-state index contributed by atoms with van der Waals surface area (Å²) in [7, 11) is 0. The number of carbonyl (C=O) groups excluding carboxylic acids is 2. The number of piperidine rings is 1. The van der Waals surface area contributed by atoms with Crippen LogP contribution in [-0.4, -0.2) is 16.8 Å². The molecule has 1 saturated heterocycles. The second-order valence-electron chi connectivity index (χ2n) is 4.56. The predicted molar refractivity (Wildman–Crippen MR) is 67.8 cm³/mol. The highest BCUT2D eigenvalue weighted by Gasteiger charge is 2.28.